The highest BCUT2D eigenvalue weighted by molar-refractivity contribution is 6.33. The number of hydrogen-bond donors (Lipinski definition) is 1. The van der Waals surface area contributed by atoms with Gasteiger partial charge in [0.1, 0.15) is 23.4 Å². The number of fused-ring (bicyclic) bond motifs is 1. The molecule has 2 heterocycles. The van der Waals surface area contributed by atoms with Crippen LogP contribution in [0, 0.1) is 6.92 Å². The lowest BCUT2D eigenvalue weighted by Gasteiger charge is -2.29. The lowest BCUT2D eigenvalue weighted by molar-refractivity contribution is 0.1000. The van der Waals surface area contributed by atoms with E-state index in [0.717, 1.165) is 30.2 Å². The fourth-order valence-corrected chi connectivity index (χ4v) is 2.97. The molecular formula is C16H17ClN2O3. The van der Waals surface area contributed by atoms with Crippen molar-refractivity contribution in [2.45, 2.75) is 19.6 Å². The summed E-state index contributed by atoms with van der Waals surface area (Å²) in [6.45, 7) is 3.44. The maximum Gasteiger partial charge on any atom is 0.250 e. The van der Waals surface area contributed by atoms with Crippen molar-refractivity contribution in [2.75, 3.05) is 13.6 Å². The highest BCUT2D eigenvalue weighted by Crippen LogP contribution is 2.33. The van der Waals surface area contributed by atoms with Gasteiger partial charge in [-0.2, -0.15) is 0 Å². The van der Waals surface area contributed by atoms with Gasteiger partial charge in [-0.1, -0.05) is 11.6 Å². The largest absolute Gasteiger partial charge is 0.484 e. The number of primary amides is 1. The maximum absolute atomic E-state index is 11.2. The zero-order valence-electron chi connectivity index (χ0n) is 12.4. The number of nitrogens with zero attached hydrogens (tertiary/aromatic N) is 1. The second-order valence-corrected chi connectivity index (χ2v) is 5.95. The van der Waals surface area contributed by atoms with Crippen molar-refractivity contribution in [3.8, 4) is 5.75 Å². The predicted molar refractivity (Wildman–Crippen MR) is 83.1 cm³/mol. The zero-order chi connectivity index (χ0) is 15.9. The van der Waals surface area contributed by atoms with E-state index in [2.05, 4.69) is 4.90 Å². The van der Waals surface area contributed by atoms with Gasteiger partial charge in [-0.25, -0.2) is 0 Å². The van der Waals surface area contributed by atoms with Gasteiger partial charge in [-0.05, 0) is 38.2 Å². The Balaban J connectivity index is 1.87. The van der Waals surface area contributed by atoms with Crippen LogP contribution in [-0.4, -0.2) is 24.4 Å². The molecule has 0 fully saturated rings. The molecule has 1 aliphatic rings. The van der Waals surface area contributed by atoms with Crippen LogP contribution < -0.4 is 10.5 Å². The van der Waals surface area contributed by atoms with E-state index >= 15 is 0 Å². The summed E-state index contributed by atoms with van der Waals surface area (Å²) in [6.07, 6.45) is -0.137. The minimum atomic E-state index is -0.554. The van der Waals surface area contributed by atoms with Crippen molar-refractivity contribution in [1.82, 2.24) is 4.90 Å². The van der Waals surface area contributed by atoms with Crippen LogP contribution in [0.4, 0.5) is 0 Å². The number of ether oxygens (including phenoxy) is 1. The molecule has 116 valence electrons. The monoisotopic (exact) mass is 320 g/mol. The van der Waals surface area contributed by atoms with E-state index in [1.165, 1.54) is 0 Å². The summed E-state index contributed by atoms with van der Waals surface area (Å²) < 4.78 is 11.8. The molecule has 1 unspecified atom stereocenters. The molecule has 1 aliphatic heterocycles. The Hall–Kier alpha value is -1.98. The average molecular weight is 321 g/mol. The van der Waals surface area contributed by atoms with E-state index in [4.69, 9.17) is 26.5 Å². The normalized spacial score (nSPS) is 18.0. The summed E-state index contributed by atoms with van der Waals surface area (Å²) in [5.74, 6) is 1.84. The van der Waals surface area contributed by atoms with Crippen LogP contribution in [0.25, 0.3) is 0 Å². The van der Waals surface area contributed by atoms with E-state index in [9.17, 15) is 4.79 Å². The molecule has 0 spiro atoms. The van der Waals surface area contributed by atoms with Gasteiger partial charge in [0.25, 0.3) is 0 Å². The van der Waals surface area contributed by atoms with Gasteiger partial charge >= 0.3 is 0 Å². The Morgan fingerprint density at radius 1 is 1.45 bits per heavy atom. The Morgan fingerprint density at radius 2 is 2.23 bits per heavy atom. The zero-order valence-corrected chi connectivity index (χ0v) is 13.2. The lowest BCUT2D eigenvalue weighted by Crippen LogP contribution is -2.32. The van der Waals surface area contributed by atoms with Gasteiger partial charge < -0.3 is 14.9 Å². The summed E-state index contributed by atoms with van der Waals surface area (Å²) in [6, 6.07) is 6.90. The molecule has 0 saturated carbocycles. The number of furan rings is 1. The molecule has 1 aromatic heterocycles. The van der Waals surface area contributed by atoms with Crippen LogP contribution in [0.1, 0.15) is 33.5 Å². The summed E-state index contributed by atoms with van der Waals surface area (Å²) >= 11 is 6.07. The number of amides is 1. The molecule has 6 heteroatoms. The van der Waals surface area contributed by atoms with Gasteiger partial charge in [0.2, 0.25) is 5.91 Å². The van der Waals surface area contributed by atoms with Crippen molar-refractivity contribution in [3.63, 3.8) is 0 Å². The number of carbonyl (C=O) groups is 1. The van der Waals surface area contributed by atoms with E-state index in [1.807, 2.05) is 20.0 Å². The molecule has 1 atom stereocenters. The number of hydrogen-bond acceptors (Lipinski definition) is 4. The summed E-state index contributed by atoms with van der Waals surface area (Å²) in [5.41, 5.74) is 6.60. The lowest BCUT2D eigenvalue weighted by atomic mass is 10.1. The van der Waals surface area contributed by atoms with Crippen LogP contribution in [0.3, 0.4) is 0 Å². The first-order chi connectivity index (χ1) is 10.4. The van der Waals surface area contributed by atoms with Gasteiger partial charge in [0.15, 0.2) is 0 Å². The number of likely N-dealkylation sites (N-methyl/N-ethyl adjacent to an activating group) is 1. The second-order valence-electron chi connectivity index (χ2n) is 5.54. The van der Waals surface area contributed by atoms with Crippen LogP contribution in [0.2, 0.25) is 5.02 Å². The second kappa shape index (κ2) is 5.66. The minimum absolute atomic E-state index is 0.137. The van der Waals surface area contributed by atoms with Crippen molar-refractivity contribution < 1.29 is 13.9 Å². The number of aryl methyl sites for hydroxylation is 1. The average Bonchev–Trinajstić information content (AvgIpc) is 2.78. The van der Waals surface area contributed by atoms with E-state index in [0.29, 0.717) is 5.75 Å². The highest BCUT2D eigenvalue weighted by atomic mass is 35.5. The van der Waals surface area contributed by atoms with E-state index < -0.39 is 5.91 Å². The fraction of sp³-hybridized carbons (Fsp3) is 0.312. The summed E-state index contributed by atoms with van der Waals surface area (Å²) in [5, 5.41) is 0.290. The van der Waals surface area contributed by atoms with Crippen LogP contribution in [0.5, 0.6) is 5.75 Å². The van der Waals surface area contributed by atoms with Gasteiger partial charge in [-0.3, -0.25) is 9.69 Å². The molecule has 0 bridgehead atoms. The molecule has 0 saturated heterocycles. The van der Waals surface area contributed by atoms with E-state index in [1.54, 1.807) is 18.2 Å². The Kier molecular flexibility index (Phi) is 3.85. The molecule has 1 aromatic carbocycles. The number of nitrogens with two attached hydrogens (primary N) is 1. The molecule has 3 rings (SSSR count). The molecule has 22 heavy (non-hydrogen) atoms. The van der Waals surface area contributed by atoms with Crippen molar-refractivity contribution in [2.24, 2.45) is 5.73 Å². The third-order valence-corrected chi connectivity index (χ3v) is 4.00. The Morgan fingerprint density at radius 3 is 2.91 bits per heavy atom. The molecule has 0 aliphatic carbocycles. The van der Waals surface area contributed by atoms with Crippen LogP contribution >= 0.6 is 11.6 Å². The third-order valence-electron chi connectivity index (χ3n) is 3.69. The van der Waals surface area contributed by atoms with Gasteiger partial charge in [0, 0.05) is 12.1 Å². The molecular weight excluding hydrogens is 304 g/mol. The number of carbonyl (C=O) groups excluding carboxylic acids is 1. The summed E-state index contributed by atoms with van der Waals surface area (Å²) in [7, 11) is 2.01. The molecule has 0 radical (unpaired) electrons. The number of benzene rings is 1. The first kappa shape index (κ1) is 14.9. The number of rotatable bonds is 3. The smallest absolute Gasteiger partial charge is 0.250 e. The van der Waals surface area contributed by atoms with Gasteiger partial charge in [-0.15, -0.1) is 0 Å². The summed E-state index contributed by atoms with van der Waals surface area (Å²) in [4.78, 5) is 13.3. The van der Waals surface area contributed by atoms with Crippen LogP contribution in [-0.2, 0) is 6.54 Å². The first-order valence-corrected chi connectivity index (χ1v) is 7.35. The number of halogens is 1. The van der Waals surface area contributed by atoms with Crippen molar-refractivity contribution >= 4 is 17.5 Å². The molecule has 2 N–H and O–H groups in total. The molecule has 2 aromatic rings. The van der Waals surface area contributed by atoms with Crippen LogP contribution in [0.15, 0.2) is 28.7 Å². The molecule has 5 nitrogen and oxygen atoms in total. The third kappa shape index (κ3) is 2.82. The fourth-order valence-electron chi connectivity index (χ4n) is 2.70. The SMILES string of the molecule is Cc1cc2c(o1)CN(C)CC2Oc1ccc(C(N)=O)c(Cl)c1. The minimum Gasteiger partial charge on any atom is -0.484 e. The van der Waals surface area contributed by atoms with E-state index in [-0.39, 0.29) is 16.7 Å². The molecule has 1 amide bonds. The topological polar surface area (TPSA) is 68.7 Å². The van der Waals surface area contributed by atoms with Gasteiger partial charge in [0.05, 0.1) is 17.1 Å². The van der Waals surface area contributed by atoms with Crippen molar-refractivity contribution in [3.05, 3.63) is 51.9 Å². The first-order valence-electron chi connectivity index (χ1n) is 6.98. The quantitative estimate of drug-likeness (QED) is 0.944. The maximum atomic E-state index is 11.2. The Bertz CT molecular complexity index is 726. The predicted octanol–water partition coefficient (Wildman–Crippen LogP) is 2.91. The highest BCUT2D eigenvalue weighted by Gasteiger charge is 2.28. The Labute approximate surface area is 133 Å². The van der Waals surface area contributed by atoms with Crippen molar-refractivity contribution in [1.29, 1.82) is 0 Å². The standard InChI is InChI=1S/C16H17ClN2O3/c1-9-5-12-14(21-9)7-19(2)8-15(12)22-10-3-4-11(16(18)20)13(17)6-10/h3-6,15H,7-8H2,1-2H3,(H2,18,20).